The molecule has 2 atom stereocenters. The Balaban J connectivity index is 1.45. The minimum Gasteiger partial charge on any atom is -0.389 e. The largest absolute Gasteiger partial charge is 0.389 e. The maximum absolute atomic E-state index is 9.95. The normalized spacial score (nSPS) is 20.4. The van der Waals surface area contributed by atoms with Crippen molar-refractivity contribution in [1.82, 2.24) is 19.8 Å². The summed E-state index contributed by atoms with van der Waals surface area (Å²) in [7, 11) is 2.20. The van der Waals surface area contributed by atoms with Gasteiger partial charge in [-0.3, -0.25) is 10.8 Å². The zero-order chi connectivity index (χ0) is 32.8. The van der Waals surface area contributed by atoms with Crippen LogP contribution in [0.3, 0.4) is 0 Å². The lowest BCUT2D eigenvalue weighted by atomic mass is 9.78. The number of nitrogens with one attached hydrogen (secondary N) is 3. The molecule has 0 spiro atoms. The predicted octanol–water partition coefficient (Wildman–Crippen LogP) is 7.18. The number of likely N-dealkylation sites (tertiary alicyclic amines) is 2. The van der Waals surface area contributed by atoms with E-state index in [1.54, 1.807) is 23.6 Å². The third-order valence-corrected chi connectivity index (χ3v) is 11.0. The molecule has 10 heteroatoms. The van der Waals surface area contributed by atoms with Crippen LogP contribution in [0.2, 0.25) is 0 Å². The SMILES string of the molecule is C=C(C(=N)/C=C\Nc1cc(CCC2CCCN2C)nc(C(=N)/C(CCC)=C(\C)C2CCCc3sc(N)c(C#N)c32)n1)N1CCCC1. The fourth-order valence-electron chi connectivity index (χ4n) is 7.27. The Hall–Kier alpha value is -3.81. The van der Waals surface area contributed by atoms with Gasteiger partial charge in [-0.05, 0) is 102 Å². The quantitative estimate of drug-likeness (QED) is 0.170. The Morgan fingerprint density at radius 2 is 1.98 bits per heavy atom. The number of nitrogens with zero attached hydrogens (tertiary/aromatic N) is 5. The monoisotopic (exact) mass is 639 g/mol. The van der Waals surface area contributed by atoms with E-state index in [1.165, 1.54) is 17.7 Å². The minimum absolute atomic E-state index is 0.0604. The Bertz CT molecular complexity index is 1570. The number of thiophene rings is 1. The summed E-state index contributed by atoms with van der Waals surface area (Å²) in [5, 5.41) is 31.8. The number of anilines is 2. The van der Waals surface area contributed by atoms with Gasteiger partial charge >= 0.3 is 0 Å². The highest BCUT2D eigenvalue weighted by Gasteiger charge is 2.31. The Kier molecular flexibility index (Phi) is 11.1. The molecule has 1 aliphatic carbocycles. The van der Waals surface area contributed by atoms with Gasteiger partial charge in [-0.1, -0.05) is 25.5 Å². The molecule has 0 saturated carbocycles. The number of allylic oxidation sites excluding steroid dienone is 3. The maximum Gasteiger partial charge on any atom is 0.179 e. The highest BCUT2D eigenvalue weighted by molar-refractivity contribution is 7.16. The molecule has 0 aromatic carbocycles. The summed E-state index contributed by atoms with van der Waals surface area (Å²) >= 11 is 1.54. The third kappa shape index (κ3) is 7.42. The molecule has 2 aliphatic heterocycles. The third-order valence-electron chi connectivity index (χ3n) is 9.89. The van der Waals surface area contributed by atoms with E-state index < -0.39 is 0 Å². The number of hydrogen-bond donors (Lipinski definition) is 4. The van der Waals surface area contributed by atoms with Crippen LogP contribution in [0.25, 0.3) is 0 Å². The number of fused-ring (bicyclic) bond motifs is 1. The van der Waals surface area contributed by atoms with Crippen molar-refractivity contribution in [2.75, 3.05) is 37.7 Å². The fraction of sp³-hybridized carbons (Fsp3) is 0.528. The molecule has 0 radical (unpaired) electrons. The highest BCUT2D eigenvalue weighted by Crippen LogP contribution is 2.46. The summed E-state index contributed by atoms with van der Waals surface area (Å²) in [4.78, 5) is 15.6. The van der Waals surface area contributed by atoms with Gasteiger partial charge in [0, 0.05) is 47.9 Å². The number of aryl methyl sites for hydroxylation is 2. The summed E-state index contributed by atoms with van der Waals surface area (Å²) in [5.74, 6) is 1.09. The van der Waals surface area contributed by atoms with Gasteiger partial charge in [0.15, 0.2) is 5.82 Å². The van der Waals surface area contributed by atoms with E-state index in [1.807, 2.05) is 6.07 Å². The first kappa shape index (κ1) is 33.6. The van der Waals surface area contributed by atoms with Gasteiger partial charge in [0.25, 0.3) is 0 Å². The lowest BCUT2D eigenvalue weighted by Crippen LogP contribution is -2.25. The van der Waals surface area contributed by atoms with E-state index >= 15 is 0 Å². The van der Waals surface area contributed by atoms with Crippen LogP contribution in [-0.4, -0.2) is 63.9 Å². The molecule has 46 heavy (non-hydrogen) atoms. The molecule has 2 fully saturated rings. The molecule has 4 heterocycles. The average Bonchev–Trinajstić information content (AvgIpc) is 3.81. The van der Waals surface area contributed by atoms with Crippen LogP contribution in [0.5, 0.6) is 0 Å². The van der Waals surface area contributed by atoms with Crippen LogP contribution in [0.4, 0.5) is 10.8 Å². The molecule has 5 rings (SSSR count). The molecular weight excluding hydrogens is 591 g/mol. The van der Waals surface area contributed by atoms with Gasteiger partial charge in [0.05, 0.1) is 17.0 Å². The topological polar surface area (TPSA) is 142 Å². The van der Waals surface area contributed by atoms with Gasteiger partial charge in [-0.15, -0.1) is 11.3 Å². The molecule has 2 saturated heterocycles. The van der Waals surface area contributed by atoms with Crippen molar-refractivity contribution >= 4 is 33.6 Å². The fourth-order valence-corrected chi connectivity index (χ4v) is 8.40. The van der Waals surface area contributed by atoms with Gasteiger partial charge in [0.2, 0.25) is 0 Å². The van der Waals surface area contributed by atoms with Gasteiger partial charge in [-0.2, -0.15) is 5.26 Å². The minimum atomic E-state index is 0.0604. The summed E-state index contributed by atoms with van der Waals surface area (Å²) in [6.45, 7) is 11.4. The van der Waals surface area contributed by atoms with Crippen LogP contribution < -0.4 is 11.1 Å². The maximum atomic E-state index is 9.95. The second-order valence-electron chi connectivity index (χ2n) is 12.9. The number of nitrogens with two attached hydrogens (primary N) is 1. The first-order chi connectivity index (χ1) is 22.2. The average molecular weight is 640 g/mol. The zero-order valence-corrected chi connectivity index (χ0v) is 28.5. The number of nitriles is 1. The van der Waals surface area contributed by atoms with Crippen molar-refractivity contribution in [3.8, 4) is 6.07 Å². The number of rotatable bonds is 13. The summed E-state index contributed by atoms with van der Waals surface area (Å²) in [6.07, 6.45) is 14.5. The Labute approximate surface area is 278 Å². The molecule has 2 aromatic heterocycles. The van der Waals surface area contributed by atoms with E-state index in [2.05, 4.69) is 48.7 Å². The first-order valence-electron chi connectivity index (χ1n) is 16.9. The lowest BCUT2D eigenvalue weighted by molar-refractivity contribution is 0.296. The van der Waals surface area contributed by atoms with Crippen molar-refractivity contribution in [2.45, 2.75) is 96.4 Å². The zero-order valence-electron chi connectivity index (χ0n) is 27.7. The van der Waals surface area contributed by atoms with Crippen molar-refractivity contribution in [3.05, 3.63) is 69.3 Å². The number of hydrogen-bond acceptors (Lipinski definition) is 10. The Morgan fingerprint density at radius 3 is 2.67 bits per heavy atom. The molecule has 3 aliphatic rings. The summed E-state index contributed by atoms with van der Waals surface area (Å²) in [5.41, 5.74) is 12.4. The van der Waals surface area contributed by atoms with Crippen LogP contribution in [0, 0.1) is 22.1 Å². The molecule has 9 nitrogen and oxygen atoms in total. The van der Waals surface area contributed by atoms with E-state index in [4.69, 9.17) is 21.1 Å². The van der Waals surface area contributed by atoms with Crippen LogP contribution in [-0.2, 0) is 12.8 Å². The molecule has 0 bridgehead atoms. The molecule has 244 valence electrons. The van der Waals surface area contributed by atoms with Crippen molar-refractivity contribution in [2.24, 2.45) is 0 Å². The summed E-state index contributed by atoms with van der Waals surface area (Å²) in [6, 6.07) is 4.89. The predicted molar refractivity (Wildman–Crippen MR) is 190 cm³/mol. The first-order valence-corrected chi connectivity index (χ1v) is 17.7. The second-order valence-corrected chi connectivity index (χ2v) is 14.1. The van der Waals surface area contributed by atoms with Crippen molar-refractivity contribution < 1.29 is 0 Å². The molecule has 5 N–H and O–H groups in total. The highest BCUT2D eigenvalue weighted by atomic mass is 32.1. The van der Waals surface area contributed by atoms with Crippen molar-refractivity contribution in [3.63, 3.8) is 0 Å². The molecule has 2 unspecified atom stereocenters. The van der Waals surface area contributed by atoms with E-state index in [9.17, 15) is 10.7 Å². The molecular formula is C36H49N9S. The van der Waals surface area contributed by atoms with Gasteiger partial charge < -0.3 is 20.9 Å². The second kappa shape index (κ2) is 15.2. The Morgan fingerprint density at radius 1 is 1.20 bits per heavy atom. The van der Waals surface area contributed by atoms with E-state index in [0.717, 1.165) is 106 Å². The molecule has 0 amide bonds. The standard InChI is InChI=1S/C36H49N9S/c1-5-10-28(23(2)27-12-8-13-31-33(27)29(22-37)35(40)46-31)34(39)36-42-25(14-15-26-11-9-18-44(26)4)21-32(43-36)41-17-16-30(38)24(3)45-19-6-7-20-45/h16-17,21,26-27,38-39H,3,5-15,18-20,40H2,1-2,4H3,(H,41,42,43)/b17-16-,28-23+,38-30?,39-34?. The van der Waals surface area contributed by atoms with Crippen LogP contribution in [0.15, 0.2) is 41.8 Å². The number of aromatic nitrogens is 2. The van der Waals surface area contributed by atoms with E-state index in [-0.39, 0.29) is 5.92 Å². The smallest absolute Gasteiger partial charge is 0.179 e. The van der Waals surface area contributed by atoms with Gasteiger partial charge in [-0.25, -0.2) is 9.97 Å². The van der Waals surface area contributed by atoms with Crippen LogP contribution in [0.1, 0.15) is 105 Å². The van der Waals surface area contributed by atoms with Gasteiger partial charge in [0.1, 0.15) is 22.6 Å². The summed E-state index contributed by atoms with van der Waals surface area (Å²) < 4.78 is 0. The molecule has 2 aromatic rings. The van der Waals surface area contributed by atoms with Crippen LogP contribution >= 0.6 is 11.3 Å². The van der Waals surface area contributed by atoms with E-state index in [0.29, 0.717) is 39.7 Å². The lowest BCUT2D eigenvalue weighted by Gasteiger charge is -2.26. The number of nitrogen functional groups attached to an aromatic ring is 1. The van der Waals surface area contributed by atoms with Crippen molar-refractivity contribution in [1.29, 1.82) is 16.1 Å².